The van der Waals surface area contributed by atoms with Gasteiger partial charge in [-0.1, -0.05) is 33.1 Å². The van der Waals surface area contributed by atoms with Gasteiger partial charge in [-0.2, -0.15) is 0 Å². The van der Waals surface area contributed by atoms with Gasteiger partial charge in [0.2, 0.25) is 0 Å². The van der Waals surface area contributed by atoms with Crippen LogP contribution in [0.5, 0.6) is 23.0 Å². The molecule has 9 nitrogen and oxygen atoms in total. The van der Waals surface area contributed by atoms with Crippen LogP contribution >= 0.6 is 0 Å². The second-order valence-corrected chi connectivity index (χ2v) is 11.3. The van der Waals surface area contributed by atoms with Gasteiger partial charge in [0.25, 0.3) is 5.91 Å². The van der Waals surface area contributed by atoms with E-state index in [-0.39, 0.29) is 18.0 Å². The largest absolute Gasteiger partial charge is 0.490 e. The molecule has 1 fully saturated rings. The Morgan fingerprint density at radius 2 is 1.47 bits per heavy atom. The van der Waals surface area contributed by atoms with E-state index in [0.717, 1.165) is 50.9 Å². The Labute approximate surface area is 267 Å². The Morgan fingerprint density at radius 3 is 2.16 bits per heavy atom. The lowest BCUT2D eigenvalue weighted by molar-refractivity contribution is 0.0996. The standard InChI is InChI=1S/C36H48N4O5/c1-4-7-9-22-37-36(42)39-29-14-19-33(34(26-29)43-6-3)45-31-17-12-28(13-18-31)38-35(41)27-10-15-30(16-11-27)44-32-20-24-40(25-21-32)23-8-5-2/h10-19,26,32H,4-9,20-25H2,1-3H3,(H,38,41)(H2,37,39,42). The van der Waals surface area contributed by atoms with Crippen molar-refractivity contribution in [2.75, 3.05) is 43.4 Å². The number of carbonyl (C=O) groups excluding carboxylic acids is 2. The van der Waals surface area contributed by atoms with Gasteiger partial charge in [0.1, 0.15) is 17.6 Å². The van der Waals surface area contributed by atoms with Gasteiger partial charge in [-0.3, -0.25) is 4.79 Å². The summed E-state index contributed by atoms with van der Waals surface area (Å²) < 4.78 is 18.0. The number of carbonyl (C=O) groups is 2. The topological polar surface area (TPSA) is 101 Å². The molecule has 1 saturated heterocycles. The summed E-state index contributed by atoms with van der Waals surface area (Å²) in [4.78, 5) is 27.6. The molecular weight excluding hydrogens is 568 g/mol. The number of hydrogen-bond donors (Lipinski definition) is 3. The average molecular weight is 617 g/mol. The summed E-state index contributed by atoms with van der Waals surface area (Å²) in [5.41, 5.74) is 1.82. The van der Waals surface area contributed by atoms with E-state index in [4.69, 9.17) is 14.2 Å². The third-order valence-corrected chi connectivity index (χ3v) is 7.69. The van der Waals surface area contributed by atoms with Crippen LogP contribution in [0.1, 0.15) is 76.1 Å². The van der Waals surface area contributed by atoms with Crippen molar-refractivity contribution in [2.24, 2.45) is 0 Å². The SMILES string of the molecule is CCCCCNC(=O)Nc1ccc(Oc2ccc(NC(=O)c3ccc(OC4CCN(CCCC)CC4)cc3)cc2)c(OCC)c1. The molecule has 0 saturated carbocycles. The number of benzene rings is 3. The zero-order valence-electron chi connectivity index (χ0n) is 26.9. The molecule has 0 bridgehead atoms. The van der Waals surface area contributed by atoms with Crippen LogP contribution in [0.3, 0.4) is 0 Å². The van der Waals surface area contributed by atoms with E-state index >= 15 is 0 Å². The first-order valence-corrected chi connectivity index (χ1v) is 16.4. The molecule has 9 heteroatoms. The molecule has 45 heavy (non-hydrogen) atoms. The first-order chi connectivity index (χ1) is 22.0. The Kier molecular flexibility index (Phi) is 13.4. The molecule has 0 atom stereocenters. The average Bonchev–Trinajstić information content (AvgIpc) is 3.05. The highest BCUT2D eigenvalue weighted by molar-refractivity contribution is 6.04. The van der Waals surface area contributed by atoms with Crippen LogP contribution in [0.2, 0.25) is 0 Å². The van der Waals surface area contributed by atoms with Crippen LogP contribution in [-0.2, 0) is 0 Å². The lowest BCUT2D eigenvalue weighted by atomic mass is 10.1. The molecule has 0 unspecified atom stereocenters. The molecule has 0 radical (unpaired) electrons. The maximum atomic E-state index is 12.9. The molecule has 0 aromatic heterocycles. The van der Waals surface area contributed by atoms with E-state index < -0.39 is 0 Å². The lowest BCUT2D eigenvalue weighted by Gasteiger charge is -2.32. The minimum absolute atomic E-state index is 0.199. The van der Waals surface area contributed by atoms with Crippen LogP contribution in [0, 0.1) is 0 Å². The Bertz CT molecular complexity index is 1340. The number of amides is 3. The van der Waals surface area contributed by atoms with Gasteiger partial charge in [-0.15, -0.1) is 0 Å². The molecular formula is C36H48N4O5. The van der Waals surface area contributed by atoms with Crippen LogP contribution in [0.15, 0.2) is 66.7 Å². The predicted molar refractivity (Wildman–Crippen MR) is 180 cm³/mol. The number of anilines is 2. The summed E-state index contributed by atoms with van der Waals surface area (Å²) in [6.07, 6.45) is 7.87. The van der Waals surface area contributed by atoms with E-state index in [2.05, 4.69) is 34.7 Å². The predicted octanol–water partition coefficient (Wildman–Crippen LogP) is 8.08. The third-order valence-electron chi connectivity index (χ3n) is 7.69. The molecule has 1 heterocycles. The molecule has 0 spiro atoms. The number of likely N-dealkylation sites (tertiary alicyclic amines) is 1. The van der Waals surface area contributed by atoms with Crippen LogP contribution < -0.4 is 30.2 Å². The van der Waals surface area contributed by atoms with Crippen molar-refractivity contribution in [3.63, 3.8) is 0 Å². The molecule has 3 aromatic carbocycles. The first kappa shape index (κ1) is 33.6. The highest BCUT2D eigenvalue weighted by Crippen LogP contribution is 2.34. The molecule has 3 N–H and O–H groups in total. The summed E-state index contributed by atoms with van der Waals surface area (Å²) in [6, 6.07) is 19.5. The van der Waals surface area contributed by atoms with Gasteiger partial charge in [0, 0.05) is 42.6 Å². The van der Waals surface area contributed by atoms with Gasteiger partial charge in [-0.25, -0.2) is 4.79 Å². The van der Waals surface area contributed by atoms with Crippen molar-refractivity contribution in [1.82, 2.24) is 10.2 Å². The van der Waals surface area contributed by atoms with Gasteiger partial charge in [0.05, 0.1) is 6.61 Å². The second kappa shape index (κ2) is 17.9. The number of urea groups is 1. The van der Waals surface area contributed by atoms with E-state index in [1.807, 2.05) is 19.1 Å². The van der Waals surface area contributed by atoms with Crippen LogP contribution in [0.25, 0.3) is 0 Å². The van der Waals surface area contributed by atoms with E-state index in [0.29, 0.717) is 47.3 Å². The fraction of sp³-hybridized carbons (Fsp3) is 0.444. The molecule has 3 amide bonds. The Hall–Kier alpha value is -4.24. The van der Waals surface area contributed by atoms with E-state index in [1.165, 1.54) is 19.4 Å². The van der Waals surface area contributed by atoms with E-state index in [9.17, 15) is 9.59 Å². The number of nitrogens with one attached hydrogen (secondary N) is 3. The van der Waals surface area contributed by atoms with Crippen molar-refractivity contribution >= 4 is 23.3 Å². The molecule has 3 aromatic rings. The minimum Gasteiger partial charge on any atom is -0.490 e. The zero-order chi connectivity index (χ0) is 31.9. The van der Waals surface area contributed by atoms with Crippen molar-refractivity contribution in [3.05, 3.63) is 72.3 Å². The number of ether oxygens (including phenoxy) is 3. The monoisotopic (exact) mass is 616 g/mol. The number of nitrogens with zero attached hydrogens (tertiary/aromatic N) is 1. The molecule has 4 rings (SSSR count). The fourth-order valence-corrected chi connectivity index (χ4v) is 5.14. The van der Waals surface area contributed by atoms with Crippen molar-refractivity contribution < 1.29 is 23.8 Å². The Morgan fingerprint density at radius 1 is 0.778 bits per heavy atom. The first-order valence-electron chi connectivity index (χ1n) is 16.4. The van der Waals surface area contributed by atoms with E-state index in [1.54, 1.807) is 54.6 Å². The number of hydrogen-bond acceptors (Lipinski definition) is 6. The van der Waals surface area contributed by atoms with Crippen molar-refractivity contribution in [2.45, 2.75) is 71.8 Å². The van der Waals surface area contributed by atoms with Gasteiger partial charge >= 0.3 is 6.03 Å². The quantitative estimate of drug-likeness (QED) is 0.141. The normalized spacial score (nSPS) is 13.6. The van der Waals surface area contributed by atoms with Crippen LogP contribution in [-0.4, -0.2) is 55.7 Å². The summed E-state index contributed by atoms with van der Waals surface area (Å²) in [5.74, 6) is 2.22. The molecule has 0 aliphatic carbocycles. The van der Waals surface area contributed by atoms with Gasteiger partial charge in [0.15, 0.2) is 11.5 Å². The highest BCUT2D eigenvalue weighted by Gasteiger charge is 2.20. The summed E-state index contributed by atoms with van der Waals surface area (Å²) in [5, 5.41) is 8.65. The molecule has 242 valence electrons. The maximum Gasteiger partial charge on any atom is 0.319 e. The lowest BCUT2D eigenvalue weighted by Crippen LogP contribution is -2.38. The van der Waals surface area contributed by atoms with Gasteiger partial charge < -0.3 is 35.1 Å². The van der Waals surface area contributed by atoms with Crippen LogP contribution in [0.4, 0.5) is 16.2 Å². The summed E-state index contributed by atoms with van der Waals surface area (Å²) >= 11 is 0. The molecule has 1 aliphatic heterocycles. The molecule has 1 aliphatic rings. The van der Waals surface area contributed by atoms with Crippen molar-refractivity contribution in [1.29, 1.82) is 0 Å². The number of unbranched alkanes of at least 4 members (excludes halogenated alkanes) is 3. The highest BCUT2D eigenvalue weighted by atomic mass is 16.5. The minimum atomic E-state index is -0.252. The summed E-state index contributed by atoms with van der Waals surface area (Å²) in [6.45, 7) is 10.6. The maximum absolute atomic E-state index is 12.9. The second-order valence-electron chi connectivity index (χ2n) is 11.3. The number of rotatable bonds is 16. The number of piperidine rings is 1. The van der Waals surface area contributed by atoms with Gasteiger partial charge in [-0.05, 0) is 99.8 Å². The summed E-state index contributed by atoms with van der Waals surface area (Å²) in [7, 11) is 0. The fourth-order valence-electron chi connectivity index (χ4n) is 5.14. The smallest absolute Gasteiger partial charge is 0.319 e. The van der Waals surface area contributed by atoms with Crippen molar-refractivity contribution in [3.8, 4) is 23.0 Å². The third kappa shape index (κ3) is 11.0. The Balaban J connectivity index is 1.27. The zero-order valence-corrected chi connectivity index (χ0v) is 26.9.